The number of rotatable bonds is 2. The Bertz CT molecular complexity index is 239. The van der Waals surface area contributed by atoms with Gasteiger partial charge in [-0.3, -0.25) is 4.79 Å². The third-order valence-corrected chi connectivity index (χ3v) is 4.18. The van der Waals surface area contributed by atoms with Crippen molar-refractivity contribution in [3.05, 3.63) is 0 Å². The average Bonchev–Trinajstić information content (AvgIpc) is 2.69. The zero-order valence-electron chi connectivity index (χ0n) is 9.92. The molecule has 0 bridgehead atoms. The van der Waals surface area contributed by atoms with Crippen LogP contribution in [0.2, 0.25) is 0 Å². The largest absolute Gasteiger partial charge is 0.381 e. The Morgan fingerprint density at radius 3 is 2.67 bits per heavy atom. The Morgan fingerprint density at radius 1 is 1.27 bits per heavy atom. The highest BCUT2D eigenvalue weighted by Crippen LogP contribution is 2.42. The number of carbonyl (C=O) groups excluding carboxylic acids is 1. The first kappa shape index (κ1) is 11.1. The molecule has 0 aromatic rings. The summed E-state index contributed by atoms with van der Waals surface area (Å²) in [6, 6.07) is 0. The molecule has 15 heavy (non-hydrogen) atoms. The number of ketones is 1. The van der Waals surface area contributed by atoms with Crippen LogP contribution in [0.3, 0.4) is 0 Å². The van der Waals surface area contributed by atoms with Gasteiger partial charge in [0, 0.05) is 18.4 Å². The van der Waals surface area contributed by atoms with Gasteiger partial charge in [-0.2, -0.15) is 0 Å². The van der Waals surface area contributed by atoms with E-state index in [2.05, 4.69) is 13.8 Å². The quantitative estimate of drug-likeness (QED) is 0.700. The van der Waals surface area contributed by atoms with E-state index >= 15 is 0 Å². The fourth-order valence-corrected chi connectivity index (χ4v) is 3.06. The number of carbonyl (C=O) groups is 1. The van der Waals surface area contributed by atoms with Gasteiger partial charge in [-0.15, -0.1) is 0 Å². The Kier molecular flexibility index (Phi) is 3.15. The lowest BCUT2D eigenvalue weighted by Crippen LogP contribution is -2.37. The highest BCUT2D eigenvalue weighted by Gasteiger charge is 2.40. The maximum absolute atomic E-state index is 12.3. The molecule has 0 amide bonds. The predicted octanol–water partition coefficient (Wildman–Crippen LogP) is 2.81. The van der Waals surface area contributed by atoms with Crippen LogP contribution in [0.25, 0.3) is 0 Å². The van der Waals surface area contributed by atoms with Gasteiger partial charge in [0.25, 0.3) is 0 Å². The standard InChI is InChI=1S/C13H22O2/c1-13(2)7-4-3-5-11(13)12(14)10-6-8-15-9-10/h10-11H,3-9H2,1-2H3. The summed E-state index contributed by atoms with van der Waals surface area (Å²) in [5.41, 5.74) is 0.220. The van der Waals surface area contributed by atoms with Crippen molar-refractivity contribution in [3.63, 3.8) is 0 Å². The van der Waals surface area contributed by atoms with Gasteiger partial charge in [-0.25, -0.2) is 0 Å². The van der Waals surface area contributed by atoms with Crippen LogP contribution in [0.5, 0.6) is 0 Å². The molecule has 2 atom stereocenters. The highest BCUT2D eigenvalue weighted by molar-refractivity contribution is 5.84. The van der Waals surface area contributed by atoms with Crippen molar-refractivity contribution in [3.8, 4) is 0 Å². The number of hydrogen-bond acceptors (Lipinski definition) is 2. The third kappa shape index (κ3) is 2.25. The van der Waals surface area contributed by atoms with Gasteiger partial charge < -0.3 is 4.74 Å². The Labute approximate surface area is 92.4 Å². The molecule has 0 aromatic heterocycles. The SMILES string of the molecule is CC1(C)CCCCC1C(=O)C1CCOC1. The van der Waals surface area contributed by atoms with E-state index in [0.717, 1.165) is 19.4 Å². The van der Waals surface area contributed by atoms with E-state index in [4.69, 9.17) is 4.74 Å². The second kappa shape index (κ2) is 4.25. The molecular weight excluding hydrogens is 188 g/mol. The maximum atomic E-state index is 12.3. The average molecular weight is 210 g/mol. The molecule has 2 heteroatoms. The van der Waals surface area contributed by atoms with Gasteiger partial charge in [0.15, 0.2) is 0 Å². The number of ether oxygens (including phenoxy) is 1. The van der Waals surface area contributed by atoms with Gasteiger partial charge in [-0.1, -0.05) is 26.7 Å². The summed E-state index contributed by atoms with van der Waals surface area (Å²) in [7, 11) is 0. The smallest absolute Gasteiger partial charge is 0.141 e. The van der Waals surface area contributed by atoms with Crippen LogP contribution >= 0.6 is 0 Å². The molecule has 1 aliphatic carbocycles. The summed E-state index contributed by atoms with van der Waals surface area (Å²) in [5, 5.41) is 0. The van der Waals surface area contributed by atoms with E-state index in [-0.39, 0.29) is 17.3 Å². The van der Waals surface area contributed by atoms with Crippen LogP contribution in [0.15, 0.2) is 0 Å². The molecule has 2 aliphatic rings. The predicted molar refractivity (Wildman–Crippen MR) is 59.7 cm³/mol. The molecule has 2 nitrogen and oxygen atoms in total. The first-order valence-electron chi connectivity index (χ1n) is 6.23. The summed E-state index contributed by atoms with van der Waals surface area (Å²) in [4.78, 5) is 12.3. The first-order chi connectivity index (χ1) is 7.11. The Morgan fingerprint density at radius 2 is 2.07 bits per heavy atom. The van der Waals surface area contributed by atoms with Crippen molar-refractivity contribution in [2.45, 2.75) is 46.0 Å². The topological polar surface area (TPSA) is 26.3 Å². The molecule has 1 saturated heterocycles. The molecule has 2 fully saturated rings. The van der Waals surface area contributed by atoms with Gasteiger partial charge >= 0.3 is 0 Å². The molecule has 0 aromatic carbocycles. The molecule has 1 saturated carbocycles. The molecule has 86 valence electrons. The van der Waals surface area contributed by atoms with Crippen LogP contribution < -0.4 is 0 Å². The zero-order valence-corrected chi connectivity index (χ0v) is 9.92. The van der Waals surface area contributed by atoms with Crippen molar-refractivity contribution in [2.24, 2.45) is 17.3 Å². The monoisotopic (exact) mass is 210 g/mol. The molecular formula is C13H22O2. The second-order valence-corrected chi connectivity index (χ2v) is 5.75. The Balaban J connectivity index is 2.04. The van der Waals surface area contributed by atoms with E-state index in [9.17, 15) is 4.79 Å². The van der Waals surface area contributed by atoms with Gasteiger partial charge in [-0.05, 0) is 24.7 Å². The summed E-state index contributed by atoms with van der Waals surface area (Å²) < 4.78 is 5.32. The zero-order chi connectivity index (χ0) is 10.9. The molecule has 0 radical (unpaired) electrons. The molecule has 1 heterocycles. The lowest BCUT2D eigenvalue weighted by atomic mass is 9.65. The lowest BCUT2D eigenvalue weighted by molar-refractivity contribution is -0.132. The minimum absolute atomic E-state index is 0.201. The van der Waals surface area contributed by atoms with Crippen LogP contribution in [-0.2, 0) is 9.53 Å². The van der Waals surface area contributed by atoms with Crippen LogP contribution in [0.1, 0.15) is 46.0 Å². The van der Waals surface area contributed by atoms with Crippen molar-refractivity contribution in [1.82, 2.24) is 0 Å². The van der Waals surface area contributed by atoms with Crippen molar-refractivity contribution in [1.29, 1.82) is 0 Å². The Hall–Kier alpha value is -0.370. The summed E-state index contributed by atoms with van der Waals surface area (Å²) in [6.45, 7) is 5.96. The van der Waals surface area contributed by atoms with Crippen molar-refractivity contribution in [2.75, 3.05) is 13.2 Å². The fraction of sp³-hybridized carbons (Fsp3) is 0.923. The molecule has 0 spiro atoms. The minimum atomic E-state index is 0.201. The van der Waals surface area contributed by atoms with Gasteiger partial charge in [0.1, 0.15) is 5.78 Å². The van der Waals surface area contributed by atoms with Crippen molar-refractivity contribution >= 4 is 5.78 Å². The molecule has 0 N–H and O–H groups in total. The van der Waals surface area contributed by atoms with Crippen LogP contribution in [-0.4, -0.2) is 19.0 Å². The third-order valence-electron chi connectivity index (χ3n) is 4.18. The molecule has 2 rings (SSSR count). The van der Waals surface area contributed by atoms with Crippen molar-refractivity contribution < 1.29 is 9.53 Å². The van der Waals surface area contributed by atoms with E-state index in [1.54, 1.807) is 0 Å². The summed E-state index contributed by atoms with van der Waals surface area (Å²) in [5.74, 6) is 0.975. The molecule has 1 aliphatic heterocycles. The van der Waals surface area contributed by atoms with E-state index < -0.39 is 0 Å². The van der Waals surface area contributed by atoms with E-state index in [1.807, 2.05) is 0 Å². The molecule has 2 unspecified atom stereocenters. The summed E-state index contributed by atoms with van der Waals surface area (Å²) >= 11 is 0. The van der Waals surface area contributed by atoms with E-state index in [0.29, 0.717) is 12.4 Å². The van der Waals surface area contributed by atoms with Crippen LogP contribution in [0.4, 0.5) is 0 Å². The maximum Gasteiger partial charge on any atom is 0.141 e. The minimum Gasteiger partial charge on any atom is -0.381 e. The highest BCUT2D eigenvalue weighted by atomic mass is 16.5. The fourth-order valence-electron chi connectivity index (χ4n) is 3.06. The number of hydrogen-bond donors (Lipinski definition) is 0. The first-order valence-corrected chi connectivity index (χ1v) is 6.23. The lowest BCUT2D eigenvalue weighted by Gasteiger charge is -2.38. The normalized spacial score (nSPS) is 35.3. The van der Waals surface area contributed by atoms with Gasteiger partial charge in [0.05, 0.1) is 6.61 Å². The van der Waals surface area contributed by atoms with Crippen LogP contribution in [0, 0.1) is 17.3 Å². The summed E-state index contributed by atoms with van der Waals surface area (Å²) in [6.07, 6.45) is 5.77. The number of Topliss-reactive ketones (excluding diaryl/α,β-unsaturated/α-hetero) is 1. The van der Waals surface area contributed by atoms with Gasteiger partial charge in [0.2, 0.25) is 0 Å². The second-order valence-electron chi connectivity index (χ2n) is 5.75. The van der Waals surface area contributed by atoms with E-state index in [1.165, 1.54) is 19.3 Å².